The molecule has 0 aliphatic heterocycles. The first-order valence-electron chi connectivity index (χ1n) is 9.10. The Morgan fingerprint density at radius 2 is 1.70 bits per heavy atom. The standard InChI is InChI=1S/C23H22F2NO/c1-12(2)15-6-9-19(26(5)11-15)20-13(3)10-18(25)21-16-7-8-17(24)14(4)22(16)27-23(20)21/h6-12H,1-5H3/q+1. The molecule has 0 N–H and O–H groups in total. The maximum absolute atomic E-state index is 14.8. The number of aryl methyl sites for hydroxylation is 3. The molecule has 0 fully saturated rings. The average molecular weight is 366 g/mol. The number of aromatic nitrogens is 1. The second-order valence-corrected chi connectivity index (χ2v) is 7.52. The SMILES string of the molecule is Cc1cc(F)c2c(oc3c(C)c(F)ccc32)c1-c1ccc(C(C)C)c[n+]1C. The van der Waals surface area contributed by atoms with Gasteiger partial charge in [-0.15, -0.1) is 0 Å². The molecule has 2 heterocycles. The first-order valence-corrected chi connectivity index (χ1v) is 9.10. The molecular formula is C23H22F2NO+. The summed E-state index contributed by atoms with van der Waals surface area (Å²) in [6.45, 7) is 7.82. The maximum Gasteiger partial charge on any atom is 0.216 e. The highest BCUT2D eigenvalue weighted by Crippen LogP contribution is 2.40. The summed E-state index contributed by atoms with van der Waals surface area (Å²) in [5, 5.41) is 1.01. The molecule has 2 aromatic heterocycles. The van der Waals surface area contributed by atoms with Crippen molar-refractivity contribution < 1.29 is 17.8 Å². The van der Waals surface area contributed by atoms with Crippen LogP contribution in [0.25, 0.3) is 33.2 Å². The number of benzene rings is 2. The largest absolute Gasteiger partial charge is 0.455 e. The van der Waals surface area contributed by atoms with Crippen molar-refractivity contribution >= 4 is 21.9 Å². The van der Waals surface area contributed by atoms with E-state index in [1.165, 1.54) is 17.7 Å². The fourth-order valence-corrected chi connectivity index (χ4v) is 3.75. The first kappa shape index (κ1) is 17.7. The number of fused-ring (bicyclic) bond motifs is 3. The molecule has 2 nitrogen and oxygen atoms in total. The number of nitrogens with zero attached hydrogens (tertiary/aromatic N) is 1. The average Bonchev–Trinajstić information content (AvgIpc) is 2.99. The highest BCUT2D eigenvalue weighted by atomic mass is 19.1. The zero-order chi connectivity index (χ0) is 19.5. The maximum atomic E-state index is 14.8. The normalized spacial score (nSPS) is 11.9. The van der Waals surface area contributed by atoms with Crippen LogP contribution in [0.1, 0.15) is 36.5 Å². The van der Waals surface area contributed by atoms with Crippen molar-refractivity contribution in [2.75, 3.05) is 0 Å². The number of pyridine rings is 1. The lowest BCUT2D eigenvalue weighted by molar-refractivity contribution is -0.660. The van der Waals surface area contributed by atoms with E-state index in [-0.39, 0.29) is 11.6 Å². The summed E-state index contributed by atoms with van der Waals surface area (Å²) in [7, 11) is 1.98. The second kappa shape index (κ2) is 6.15. The number of rotatable bonds is 2. The molecule has 0 aliphatic rings. The molecule has 27 heavy (non-hydrogen) atoms. The summed E-state index contributed by atoms with van der Waals surface area (Å²) in [5.41, 5.74) is 5.02. The van der Waals surface area contributed by atoms with Gasteiger partial charge in [0.25, 0.3) is 0 Å². The lowest BCUT2D eigenvalue weighted by atomic mass is 9.98. The molecule has 0 bridgehead atoms. The van der Waals surface area contributed by atoms with E-state index in [2.05, 4.69) is 26.1 Å². The number of hydrogen-bond donors (Lipinski definition) is 0. The van der Waals surface area contributed by atoms with Gasteiger partial charge >= 0.3 is 0 Å². The van der Waals surface area contributed by atoms with Crippen LogP contribution in [0.2, 0.25) is 0 Å². The fourth-order valence-electron chi connectivity index (χ4n) is 3.75. The zero-order valence-corrected chi connectivity index (χ0v) is 16.2. The lowest BCUT2D eigenvalue weighted by Crippen LogP contribution is -2.31. The van der Waals surface area contributed by atoms with Crippen molar-refractivity contribution in [3.05, 3.63) is 64.9 Å². The Bertz CT molecular complexity index is 1200. The van der Waals surface area contributed by atoms with Crippen LogP contribution >= 0.6 is 0 Å². The van der Waals surface area contributed by atoms with Gasteiger partial charge in [-0.25, -0.2) is 13.3 Å². The third-order valence-corrected chi connectivity index (χ3v) is 5.32. The molecule has 4 rings (SSSR count). The Kier molecular flexibility index (Phi) is 4.02. The van der Waals surface area contributed by atoms with Crippen LogP contribution in [0.5, 0.6) is 0 Å². The van der Waals surface area contributed by atoms with Crippen LogP contribution in [0.3, 0.4) is 0 Å². The van der Waals surface area contributed by atoms with Crippen molar-refractivity contribution in [2.45, 2.75) is 33.6 Å². The molecule has 4 heteroatoms. The molecule has 0 saturated carbocycles. The highest BCUT2D eigenvalue weighted by molar-refractivity contribution is 6.10. The van der Waals surface area contributed by atoms with Crippen LogP contribution < -0.4 is 4.57 Å². The molecule has 0 unspecified atom stereocenters. The van der Waals surface area contributed by atoms with E-state index >= 15 is 0 Å². The summed E-state index contributed by atoms with van der Waals surface area (Å²) in [5.74, 6) is -0.291. The van der Waals surface area contributed by atoms with Crippen molar-refractivity contribution in [3.8, 4) is 11.3 Å². The Balaban J connectivity index is 2.11. The van der Waals surface area contributed by atoms with Crippen LogP contribution in [-0.2, 0) is 7.05 Å². The Labute approximate surface area is 157 Å². The van der Waals surface area contributed by atoms with Crippen molar-refractivity contribution in [1.82, 2.24) is 0 Å². The van der Waals surface area contributed by atoms with Crippen molar-refractivity contribution in [1.29, 1.82) is 0 Å². The Hall–Kier alpha value is -2.75. The molecule has 0 aliphatic carbocycles. The minimum Gasteiger partial charge on any atom is -0.455 e. The van der Waals surface area contributed by atoms with Gasteiger partial charge in [-0.3, -0.25) is 0 Å². The molecule has 2 aromatic carbocycles. The summed E-state index contributed by atoms with van der Waals surface area (Å²) in [4.78, 5) is 0. The van der Waals surface area contributed by atoms with E-state index in [9.17, 15) is 8.78 Å². The van der Waals surface area contributed by atoms with Gasteiger partial charge in [-0.2, -0.15) is 0 Å². The number of halogens is 2. The summed E-state index contributed by atoms with van der Waals surface area (Å²) < 4.78 is 36.9. The Morgan fingerprint density at radius 1 is 0.963 bits per heavy atom. The van der Waals surface area contributed by atoms with Gasteiger partial charge in [0, 0.05) is 22.6 Å². The molecule has 0 radical (unpaired) electrons. The minimum absolute atomic E-state index is 0.350. The van der Waals surface area contributed by atoms with E-state index in [0.717, 1.165) is 16.8 Å². The molecule has 0 atom stereocenters. The van der Waals surface area contributed by atoms with E-state index in [4.69, 9.17) is 4.42 Å². The highest BCUT2D eigenvalue weighted by Gasteiger charge is 2.24. The van der Waals surface area contributed by atoms with Gasteiger partial charge in [0.1, 0.15) is 24.3 Å². The number of hydrogen-bond acceptors (Lipinski definition) is 1. The second-order valence-electron chi connectivity index (χ2n) is 7.52. The molecule has 0 spiro atoms. The van der Waals surface area contributed by atoms with Gasteiger partial charge in [-0.05, 0) is 49.6 Å². The van der Waals surface area contributed by atoms with E-state index in [1.54, 1.807) is 13.0 Å². The third-order valence-electron chi connectivity index (χ3n) is 5.32. The molecule has 0 saturated heterocycles. The number of furan rings is 1. The minimum atomic E-state index is -0.355. The predicted molar refractivity (Wildman–Crippen MR) is 104 cm³/mol. The van der Waals surface area contributed by atoms with Gasteiger partial charge in [0.15, 0.2) is 11.8 Å². The topological polar surface area (TPSA) is 17.0 Å². The van der Waals surface area contributed by atoms with Gasteiger partial charge < -0.3 is 4.42 Å². The van der Waals surface area contributed by atoms with E-state index < -0.39 is 0 Å². The molecule has 4 aromatic rings. The van der Waals surface area contributed by atoms with Gasteiger partial charge in [0.05, 0.1) is 10.9 Å². The zero-order valence-electron chi connectivity index (χ0n) is 16.2. The predicted octanol–water partition coefficient (Wildman–Crippen LogP) is 6.10. The molecule has 0 amide bonds. The van der Waals surface area contributed by atoms with Crippen molar-refractivity contribution in [2.24, 2.45) is 7.05 Å². The third kappa shape index (κ3) is 2.62. The van der Waals surface area contributed by atoms with Crippen LogP contribution in [0.15, 0.2) is 40.9 Å². The van der Waals surface area contributed by atoms with Crippen LogP contribution in [0, 0.1) is 25.5 Å². The van der Waals surface area contributed by atoms with E-state index in [0.29, 0.717) is 33.4 Å². The first-order chi connectivity index (χ1) is 12.8. The van der Waals surface area contributed by atoms with Gasteiger partial charge in [-0.1, -0.05) is 13.8 Å². The smallest absolute Gasteiger partial charge is 0.216 e. The van der Waals surface area contributed by atoms with E-state index in [1.807, 2.05) is 24.6 Å². The lowest BCUT2D eigenvalue weighted by Gasteiger charge is -2.09. The molecule has 138 valence electrons. The van der Waals surface area contributed by atoms with Crippen LogP contribution in [0.4, 0.5) is 8.78 Å². The van der Waals surface area contributed by atoms with Crippen molar-refractivity contribution in [3.63, 3.8) is 0 Å². The summed E-state index contributed by atoms with van der Waals surface area (Å²) in [6, 6.07) is 8.61. The summed E-state index contributed by atoms with van der Waals surface area (Å²) >= 11 is 0. The van der Waals surface area contributed by atoms with Crippen LogP contribution in [-0.4, -0.2) is 0 Å². The monoisotopic (exact) mass is 366 g/mol. The Morgan fingerprint density at radius 3 is 2.37 bits per heavy atom. The van der Waals surface area contributed by atoms with Gasteiger partial charge in [0.2, 0.25) is 5.69 Å². The quantitative estimate of drug-likeness (QED) is 0.392. The summed E-state index contributed by atoms with van der Waals surface area (Å²) in [6.07, 6.45) is 2.09. The fraction of sp³-hybridized carbons (Fsp3) is 0.261. The molecular weight excluding hydrogens is 344 g/mol.